The summed E-state index contributed by atoms with van der Waals surface area (Å²) >= 11 is 0. The molecule has 0 aliphatic carbocycles. The average molecular weight is 203 g/mol. The maximum atomic E-state index is 6.01. The molecule has 0 fully saturated rings. The number of aromatic nitrogens is 1. The van der Waals surface area contributed by atoms with Gasteiger partial charge in [0.05, 0.1) is 6.17 Å². The van der Waals surface area contributed by atoms with Gasteiger partial charge < -0.3 is 10.7 Å². The van der Waals surface area contributed by atoms with Crippen molar-refractivity contribution >= 4 is 10.9 Å². The molecule has 1 atom stereocenters. The van der Waals surface area contributed by atoms with Crippen molar-refractivity contribution in [2.24, 2.45) is 5.73 Å². The fourth-order valence-electron chi connectivity index (χ4n) is 1.71. The quantitative estimate of drug-likeness (QED) is 0.743. The molecular formula is C12H17N3. The molecule has 3 nitrogen and oxygen atoms in total. The van der Waals surface area contributed by atoms with Crippen LogP contribution in [0.15, 0.2) is 30.5 Å². The molecule has 0 radical (unpaired) electrons. The number of H-pyrrole nitrogens is 1. The summed E-state index contributed by atoms with van der Waals surface area (Å²) in [7, 11) is 4.00. The summed E-state index contributed by atoms with van der Waals surface area (Å²) in [5.74, 6) is 0. The van der Waals surface area contributed by atoms with Crippen LogP contribution in [0.4, 0.5) is 0 Å². The smallest absolute Gasteiger partial charge is 0.0608 e. The first kappa shape index (κ1) is 10.2. The lowest BCUT2D eigenvalue weighted by Crippen LogP contribution is -2.38. The highest BCUT2D eigenvalue weighted by Crippen LogP contribution is 2.18. The molecular weight excluding hydrogens is 186 g/mol. The van der Waals surface area contributed by atoms with Crippen LogP contribution in [0.3, 0.4) is 0 Å². The summed E-state index contributed by atoms with van der Waals surface area (Å²) in [6.45, 7) is 0. The minimum atomic E-state index is 0.0733. The van der Waals surface area contributed by atoms with Gasteiger partial charge in [0.15, 0.2) is 0 Å². The first-order valence-corrected chi connectivity index (χ1v) is 5.15. The fraction of sp³-hybridized carbons (Fsp3) is 0.333. The van der Waals surface area contributed by atoms with Crippen molar-refractivity contribution in [3.63, 3.8) is 0 Å². The predicted molar refractivity (Wildman–Crippen MR) is 63.7 cm³/mol. The number of nitrogens with two attached hydrogens (primary N) is 1. The van der Waals surface area contributed by atoms with Gasteiger partial charge in [0, 0.05) is 23.5 Å². The highest BCUT2D eigenvalue weighted by molar-refractivity contribution is 5.83. The van der Waals surface area contributed by atoms with E-state index in [1.165, 1.54) is 16.5 Å². The molecule has 3 N–H and O–H groups in total. The number of likely N-dealkylation sites (N-methyl/N-ethyl adjacent to an activating group) is 1. The van der Waals surface area contributed by atoms with Crippen molar-refractivity contribution in [1.29, 1.82) is 0 Å². The Hall–Kier alpha value is -1.32. The average Bonchev–Trinajstić information content (AvgIpc) is 2.62. The minimum absolute atomic E-state index is 0.0733. The van der Waals surface area contributed by atoms with Gasteiger partial charge in [0.1, 0.15) is 0 Å². The molecule has 0 spiro atoms. The van der Waals surface area contributed by atoms with E-state index < -0.39 is 0 Å². The van der Waals surface area contributed by atoms with E-state index in [4.69, 9.17) is 5.73 Å². The van der Waals surface area contributed by atoms with Crippen molar-refractivity contribution < 1.29 is 0 Å². The Morgan fingerprint density at radius 2 is 2.07 bits per heavy atom. The molecule has 0 amide bonds. The van der Waals surface area contributed by atoms with Crippen molar-refractivity contribution in [2.75, 3.05) is 14.1 Å². The molecule has 0 aliphatic heterocycles. The van der Waals surface area contributed by atoms with Crippen molar-refractivity contribution in [3.8, 4) is 0 Å². The van der Waals surface area contributed by atoms with E-state index in [9.17, 15) is 0 Å². The standard InChI is InChI=1S/C12H17N3/c1-15(2)12(13)7-9-8-14-11-6-4-3-5-10(9)11/h3-6,8,12,14H,7,13H2,1-2H3. The van der Waals surface area contributed by atoms with Crippen LogP contribution >= 0.6 is 0 Å². The molecule has 0 saturated heterocycles. The molecule has 3 heteroatoms. The second-order valence-corrected chi connectivity index (χ2v) is 4.09. The molecule has 2 rings (SSSR count). The van der Waals surface area contributed by atoms with Gasteiger partial charge in [0.25, 0.3) is 0 Å². The highest BCUT2D eigenvalue weighted by atomic mass is 15.2. The summed E-state index contributed by atoms with van der Waals surface area (Å²) in [5.41, 5.74) is 8.47. The normalized spacial score (nSPS) is 13.6. The van der Waals surface area contributed by atoms with Crippen LogP contribution in [0.2, 0.25) is 0 Å². The molecule has 15 heavy (non-hydrogen) atoms. The van der Waals surface area contributed by atoms with Gasteiger partial charge in [0.2, 0.25) is 0 Å². The van der Waals surface area contributed by atoms with E-state index >= 15 is 0 Å². The Bertz CT molecular complexity index is 445. The summed E-state index contributed by atoms with van der Waals surface area (Å²) < 4.78 is 0. The number of fused-ring (bicyclic) bond motifs is 1. The molecule has 80 valence electrons. The number of nitrogens with one attached hydrogen (secondary N) is 1. The molecule has 0 aliphatic rings. The van der Waals surface area contributed by atoms with Crippen molar-refractivity contribution in [1.82, 2.24) is 9.88 Å². The van der Waals surface area contributed by atoms with E-state index in [1.807, 2.05) is 31.3 Å². The number of nitrogens with zero attached hydrogens (tertiary/aromatic N) is 1. The molecule has 1 aromatic heterocycles. The topological polar surface area (TPSA) is 45.0 Å². The third-order valence-electron chi connectivity index (χ3n) is 2.77. The third-order valence-corrected chi connectivity index (χ3v) is 2.77. The van der Waals surface area contributed by atoms with Gasteiger partial charge in [-0.1, -0.05) is 18.2 Å². The second-order valence-electron chi connectivity index (χ2n) is 4.09. The van der Waals surface area contributed by atoms with Gasteiger partial charge in [-0.25, -0.2) is 0 Å². The lowest BCUT2D eigenvalue weighted by Gasteiger charge is -2.18. The molecule has 0 bridgehead atoms. The summed E-state index contributed by atoms with van der Waals surface area (Å²) in [4.78, 5) is 5.29. The van der Waals surface area contributed by atoms with Crippen LogP contribution in [-0.2, 0) is 6.42 Å². The summed E-state index contributed by atoms with van der Waals surface area (Å²) in [5, 5.41) is 1.27. The van der Waals surface area contributed by atoms with Crippen molar-refractivity contribution in [2.45, 2.75) is 12.6 Å². The van der Waals surface area contributed by atoms with E-state index in [2.05, 4.69) is 23.2 Å². The van der Waals surface area contributed by atoms with Gasteiger partial charge in [-0.3, -0.25) is 4.90 Å². The van der Waals surface area contributed by atoms with Crippen LogP contribution in [0, 0.1) is 0 Å². The predicted octanol–water partition coefficient (Wildman–Crippen LogP) is 1.56. The zero-order valence-electron chi connectivity index (χ0n) is 9.20. The van der Waals surface area contributed by atoms with Crippen LogP contribution in [0.1, 0.15) is 5.56 Å². The number of hydrogen-bond donors (Lipinski definition) is 2. The van der Waals surface area contributed by atoms with Crippen LogP contribution in [-0.4, -0.2) is 30.1 Å². The van der Waals surface area contributed by atoms with Gasteiger partial charge in [-0.2, -0.15) is 0 Å². The Labute approximate surface area is 89.9 Å². The Kier molecular flexibility index (Phi) is 2.75. The minimum Gasteiger partial charge on any atom is -0.361 e. The number of benzene rings is 1. The molecule has 1 unspecified atom stereocenters. The molecule has 1 aromatic carbocycles. The Morgan fingerprint density at radius 3 is 2.80 bits per heavy atom. The number of rotatable bonds is 3. The Balaban J connectivity index is 2.29. The third kappa shape index (κ3) is 2.03. The zero-order chi connectivity index (χ0) is 10.8. The van der Waals surface area contributed by atoms with Crippen LogP contribution < -0.4 is 5.73 Å². The summed E-state index contributed by atoms with van der Waals surface area (Å²) in [6, 6.07) is 8.30. The number of aromatic amines is 1. The number of para-hydroxylation sites is 1. The van der Waals surface area contributed by atoms with E-state index in [-0.39, 0.29) is 6.17 Å². The molecule has 2 aromatic rings. The maximum Gasteiger partial charge on any atom is 0.0608 e. The maximum absolute atomic E-state index is 6.01. The number of hydrogen-bond acceptors (Lipinski definition) is 2. The van der Waals surface area contributed by atoms with E-state index in [1.54, 1.807) is 0 Å². The van der Waals surface area contributed by atoms with Gasteiger partial charge in [-0.05, 0) is 25.7 Å². The zero-order valence-corrected chi connectivity index (χ0v) is 9.20. The first-order valence-electron chi connectivity index (χ1n) is 5.15. The highest BCUT2D eigenvalue weighted by Gasteiger charge is 2.09. The monoisotopic (exact) mass is 203 g/mol. The lowest BCUT2D eigenvalue weighted by atomic mass is 10.1. The van der Waals surface area contributed by atoms with Gasteiger partial charge in [-0.15, -0.1) is 0 Å². The molecule has 0 saturated carbocycles. The lowest BCUT2D eigenvalue weighted by molar-refractivity contribution is 0.299. The van der Waals surface area contributed by atoms with E-state index in [0.29, 0.717) is 0 Å². The van der Waals surface area contributed by atoms with Crippen molar-refractivity contribution in [3.05, 3.63) is 36.0 Å². The first-order chi connectivity index (χ1) is 7.18. The fourth-order valence-corrected chi connectivity index (χ4v) is 1.71. The van der Waals surface area contributed by atoms with Crippen LogP contribution in [0.5, 0.6) is 0 Å². The summed E-state index contributed by atoms with van der Waals surface area (Å²) in [6.07, 6.45) is 3.00. The van der Waals surface area contributed by atoms with E-state index in [0.717, 1.165) is 6.42 Å². The largest absolute Gasteiger partial charge is 0.361 e. The second kappa shape index (κ2) is 4.04. The molecule has 1 heterocycles. The SMILES string of the molecule is CN(C)C(N)Cc1c[nH]c2ccccc12. The van der Waals surface area contributed by atoms with Crippen LogP contribution in [0.25, 0.3) is 10.9 Å². The van der Waals surface area contributed by atoms with Gasteiger partial charge >= 0.3 is 0 Å². The Morgan fingerprint density at radius 1 is 1.33 bits per heavy atom.